The van der Waals surface area contributed by atoms with E-state index in [9.17, 15) is 9.90 Å². The van der Waals surface area contributed by atoms with E-state index in [1.165, 1.54) is 38.2 Å². The van der Waals surface area contributed by atoms with E-state index in [4.69, 9.17) is 14.6 Å². The van der Waals surface area contributed by atoms with Crippen LogP contribution in [0.2, 0.25) is 0 Å². The van der Waals surface area contributed by atoms with Crippen LogP contribution in [0.15, 0.2) is 12.1 Å². The molecule has 0 radical (unpaired) electrons. The van der Waals surface area contributed by atoms with Crippen molar-refractivity contribution in [3.8, 4) is 11.5 Å². The summed E-state index contributed by atoms with van der Waals surface area (Å²) in [6.45, 7) is 0.308. The summed E-state index contributed by atoms with van der Waals surface area (Å²) in [6.07, 6.45) is 11.8. The predicted octanol–water partition coefficient (Wildman–Crippen LogP) is 4.38. The molecule has 5 nitrogen and oxygen atoms in total. The maximum Gasteiger partial charge on any atom is 0.342 e. The summed E-state index contributed by atoms with van der Waals surface area (Å²) in [4.78, 5) is 12.2. The Morgan fingerprint density at radius 1 is 1.04 bits per heavy atom. The molecule has 0 saturated carbocycles. The van der Waals surface area contributed by atoms with Crippen molar-refractivity contribution in [2.75, 3.05) is 13.7 Å². The van der Waals surface area contributed by atoms with Gasteiger partial charge >= 0.3 is 5.97 Å². The summed E-state index contributed by atoms with van der Waals surface area (Å²) in [5.74, 6) is 0.0646. The topological polar surface area (TPSA) is 76.0 Å². The number of unbranched alkanes of at least 4 members (excludes halogenated alkanes) is 8. The van der Waals surface area contributed by atoms with Crippen molar-refractivity contribution < 1.29 is 24.5 Å². The quantitative estimate of drug-likeness (QED) is 0.425. The SMILES string of the molecule is COc1cc(O)c2c(c1)CC(CCCCCCCCCCCO)OC2=O. The van der Waals surface area contributed by atoms with Gasteiger partial charge in [0.15, 0.2) is 0 Å². The van der Waals surface area contributed by atoms with Gasteiger partial charge in [0.1, 0.15) is 23.2 Å². The predicted molar refractivity (Wildman–Crippen MR) is 101 cm³/mol. The Labute approximate surface area is 156 Å². The molecule has 0 bridgehead atoms. The molecule has 1 aliphatic heterocycles. The van der Waals surface area contributed by atoms with Crippen LogP contribution in [0.4, 0.5) is 0 Å². The number of ether oxygens (including phenoxy) is 2. The molecule has 2 rings (SSSR count). The minimum absolute atomic E-state index is 0.0678. The zero-order valence-corrected chi connectivity index (χ0v) is 15.8. The Morgan fingerprint density at radius 2 is 1.65 bits per heavy atom. The Balaban J connectivity index is 1.66. The second-order valence-electron chi connectivity index (χ2n) is 7.11. The largest absolute Gasteiger partial charge is 0.507 e. The van der Waals surface area contributed by atoms with E-state index in [2.05, 4.69) is 0 Å². The summed E-state index contributed by atoms with van der Waals surface area (Å²) in [5, 5.41) is 18.7. The minimum atomic E-state index is -0.431. The lowest BCUT2D eigenvalue weighted by Crippen LogP contribution is -2.27. The number of aliphatic hydroxyl groups is 1. The molecule has 2 N–H and O–H groups in total. The monoisotopic (exact) mass is 364 g/mol. The van der Waals surface area contributed by atoms with Crippen molar-refractivity contribution in [1.82, 2.24) is 0 Å². The van der Waals surface area contributed by atoms with Crippen molar-refractivity contribution in [2.24, 2.45) is 0 Å². The number of hydrogen-bond donors (Lipinski definition) is 2. The van der Waals surface area contributed by atoms with Crippen molar-refractivity contribution in [2.45, 2.75) is 76.7 Å². The third-order valence-corrected chi connectivity index (χ3v) is 5.02. The Morgan fingerprint density at radius 3 is 2.27 bits per heavy atom. The molecule has 0 amide bonds. The molecule has 0 fully saturated rings. The molecule has 1 aromatic carbocycles. The Kier molecular flexibility index (Phi) is 8.75. The number of cyclic esters (lactones) is 1. The van der Waals surface area contributed by atoms with Crippen molar-refractivity contribution in [3.63, 3.8) is 0 Å². The van der Waals surface area contributed by atoms with Gasteiger partial charge in [0.25, 0.3) is 0 Å². The second kappa shape index (κ2) is 11.1. The molecule has 1 heterocycles. The highest BCUT2D eigenvalue weighted by atomic mass is 16.5. The second-order valence-corrected chi connectivity index (χ2v) is 7.11. The fourth-order valence-electron chi connectivity index (χ4n) is 3.55. The number of fused-ring (bicyclic) bond motifs is 1. The number of aromatic hydroxyl groups is 1. The van der Waals surface area contributed by atoms with Crippen molar-refractivity contribution >= 4 is 5.97 Å². The molecule has 0 aliphatic carbocycles. The standard InChI is InChI=1S/C21H32O5/c1-25-18-14-16-13-17(26-21(24)20(16)19(23)15-18)11-9-7-5-3-2-4-6-8-10-12-22/h14-15,17,22-23H,2-13H2,1H3. The summed E-state index contributed by atoms with van der Waals surface area (Å²) < 4.78 is 10.7. The number of phenolic OH excluding ortho intramolecular Hbond substituents is 1. The molecule has 0 saturated heterocycles. The van der Waals surface area contributed by atoms with Crippen LogP contribution in [0.25, 0.3) is 0 Å². The van der Waals surface area contributed by atoms with Gasteiger partial charge in [0, 0.05) is 19.1 Å². The maximum atomic E-state index is 12.2. The number of methoxy groups -OCH3 is 1. The smallest absolute Gasteiger partial charge is 0.342 e. The van der Waals surface area contributed by atoms with E-state index < -0.39 is 5.97 Å². The van der Waals surface area contributed by atoms with Crippen LogP contribution in [0, 0.1) is 0 Å². The molecule has 0 spiro atoms. The number of carbonyl (C=O) groups is 1. The lowest BCUT2D eigenvalue weighted by atomic mass is 9.94. The lowest BCUT2D eigenvalue weighted by Gasteiger charge is -2.25. The van der Waals surface area contributed by atoms with Crippen LogP contribution in [-0.4, -0.2) is 36.0 Å². The normalized spacial score (nSPS) is 16.2. The molecular weight excluding hydrogens is 332 g/mol. The summed E-state index contributed by atoms with van der Waals surface area (Å²) in [5.41, 5.74) is 1.09. The highest BCUT2D eigenvalue weighted by molar-refractivity contribution is 5.95. The van der Waals surface area contributed by atoms with Gasteiger partial charge < -0.3 is 19.7 Å². The van der Waals surface area contributed by atoms with Crippen LogP contribution in [-0.2, 0) is 11.2 Å². The fourth-order valence-corrected chi connectivity index (χ4v) is 3.55. The van der Waals surface area contributed by atoms with Gasteiger partial charge in [0.2, 0.25) is 0 Å². The van der Waals surface area contributed by atoms with Gasteiger partial charge in [-0.05, 0) is 30.9 Å². The number of benzene rings is 1. The number of phenols is 1. The van der Waals surface area contributed by atoms with Crippen LogP contribution in [0.3, 0.4) is 0 Å². The Hall–Kier alpha value is -1.75. The van der Waals surface area contributed by atoms with Crippen LogP contribution >= 0.6 is 0 Å². The zero-order chi connectivity index (χ0) is 18.8. The lowest BCUT2D eigenvalue weighted by molar-refractivity contribution is 0.0227. The van der Waals surface area contributed by atoms with Gasteiger partial charge in [-0.15, -0.1) is 0 Å². The van der Waals surface area contributed by atoms with Gasteiger partial charge in [-0.3, -0.25) is 0 Å². The average molecular weight is 364 g/mol. The maximum absolute atomic E-state index is 12.2. The van der Waals surface area contributed by atoms with E-state index in [0.717, 1.165) is 37.7 Å². The van der Waals surface area contributed by atoms with E-state index in [1.807, 2.05) is 6.07 Å². The summed E-state index contributed by atoms with van der Waals surface area (Å²) in [6, 6.07) is 3.27. The molecule has 26 heavy (non-hydrogen) atoms. The van der Waals surface area contributed by atoms with Crippen LogP contribution in [0.1, 0.15) is 80.1 Å². The Bertz CT molecular complexity index is 570. The van der Waals surface area contributed by atoms with Gasteiger partial charge in [0.05, 0.1) is 7.11 Å². The number of hydrogen-bond acceptors (Lipinski definition) is 5. The van der Waals surface area contributed by atoms with Crippen molar-refractivity contribution in [3.05, 3.63) is 23.3 Å². The first-order valence-electron chi connectivity index (χ1n) is 9.87. The molecule has 1 aliphatic rings. The number of esters is 1. The van der Waals surface area contributed by atoms with E-state index >= 15 is 0 Å². The number of carbonyl (C=O) groups excluding carboxylic acids is 1. The third-order valence-electron chi connectivity index (χ3n) is 5.02. The van der Waals surface area contributed by atoms with E-state index in [-0.39, 0.29) is 17.4 Å². The fraction of sp³-hybridized carbons (Fsp3) is 0.667. The zero-order valence-electron chi connectivity index (χ0n) is 15.8. The van der Waals surface area contributed by atoms with Crippen molar-refractivity contribution in [1.29, 1.82) is 0 Å². The molecule has 0 aromatic heterocycles. The molecule has 1 unspecified atom stereocenters. The molecular formula is C21H32O5. The highest BCUT2D eigenvalue weighted by Gasteiger charge is 2.29. The third kappa shape index (κ3) is 6.20. The van der Waals surface area contributed by atoms with Gasteiger partial charge in [-0.2, -0.15) is 0 Å². The molecule has 1 aromatic rings. The average Bonchev–Trinajstić information content (AvgIpc) is 2.62. The first-order chi connectivity index (χ1) is 12.7. The molecule has 146 valence electrons. The number of rotatable bonds is 12. The van der Waals surface area contributed by atoms with Gasteiger partial charge in [-0.25, -0.2) is 4.79 Å². The van der Waals surface area contributed by atoms with Crippen LogP contribution in [0.5, 0.6) is 11.5 Å². The number of aliphatic hydroxyl groups excluding tert-OH is 1. The molecule has 5 heteroatoms. The van der Waals surface area contributed by atoms with E-state index in [0.29, 0.717) is 18.8 Å². The minimum Gasteiger partial charge on any atom is -0.507 e. The first-order valence-corrected chi connectivity index (χ1v) is 9.87. The first kappa shape index (κ1) is 20.6. The summed E-state index contributed by atoms with van der Waals surface area (Å²) >= 11 is 0. The molecule has 1 atom stereocenters. The highest BCUT2D eigenvalue weighted by Crippen LogP contribution is 2.33. The summed E-state index contributed by atoms with van der Waals surface area (Å²) in [7, 11) is 1.55. The van der Waals surface area contributed by atoms with Gasteiger partial charge in [-0.1, -0.05) is 44.9 Å². The van der Waals surface area contributed by atoms with Crippen LogP contribution < -0.4 is 4.74 Å². The van der Waals surface area contributed by atoms with E-state index in [1.54, 1.807) is 7.11 Å².